The first-order valence-electron chi connectivity index (χ1n) is 9.64. The Hall–Kier alpha value is -4.16. The number of methoxy groups -OCH3 is 2. The van der Waals surface area contributed by atoms with Gasteiger partial charge in [0.2, 0.25) is 0 Å². The van der Waals surface area contributed by atoms with Gasteiger partial charge in [-0.3, -0.25) is 10.2 Å². The molecule has 0 aliphatic heterocycles. The minimum absolute atomic E-state index is 0.0475. The highest BCUT2D eigenvalue weighted by molar-refractivity contribution is 7.89. The summed E-state index contributed by atoms with van der Waals surface area (Å²) < 4.78 is 45.7. The van der Waals surface area contributed by atoms with E-state index in [4.69, 9.17) is 9.15 Å². The number of hydrazine groups is 1. The highest BCUT2D eigenvalue weighted by atomic mass is 32.2. The van der Waals surface area contributed by atoms with Crippen LogP contribution in [0.15, 0.2) is 70.0 Å². The standard InChI is InChI=1S/C22H20N2O9S/c1-30-21(26)14-8-10-17(22(27)31-2)19(12-14)34(28,29)24-23-20(25)18-11-9-16(33-18)13-32-15-6-4-3-5-7-15/h3-12,24H,13H2,1-2H3,(H,23,25). The molecule has 0 saturated carbocycles. The van der Waals surface area contributed by atoms with Crippen molar-refractivity contribution >= 4 is 27.9 Å². The van der Waals surface area contributed by atoms with Crippen LogP contribution in [0.2, 0.25) is 0 Å². The van der Waals surface area contributed by atoms with Crippen LogP contribution in [0.25, 0.3) is 0 Å². The minimum Gasteiger partial charge on any atom is -0.486 e. The zero-order valence-electron chi connectivity index (χ0n) is 18.1. The van der Waals surface area contributed by atoms with Crippen LogP contribution in [0.1, 0.15) is 37.0 Å². The number of para-hydroxylation sites is 1. The molecule has 3 aromatic rings. The van der Waals surface area contributed by atoms with E-state index in [1.165, 1.54) is 18.2 Å². The number of furan rings is 1. The van der Waals surface area contributed by atoms with Gasteiger partial charge in [-0.25, -0.2) is 18.0 Å². The molecule has 12 heteroatoms. The maximum absolute atomic E-state index is 12.8. The van der Waals surface area contributed by atoms with Crippen LogP contribution in [0.3, 0.4) is 0 Å². The van der Waals surface area contributed by atoms with Crippen LogP contribution in [0.4, 0.5) is 0 Å². The molecule has 0 fully saturated rings. The fourth-order valence-electron chi connectivity index (χ4n) is 2.75. The van der Waals surface area contributed by atoms with Crippen molar-refractivity contribution in [1.29, 1.82) is 0 Å². The van der Waals surface area contributed by atoms with Gasteiger partial charge in [0.25, 0.3) is 10.0 Å². The number of ether oxygens (including phenoxy) is 3. The van der Waals surface area contributed by atoms with E-state index in [2.05, 4.69) is 9.47 Å². The Labute approximate surface area is 194 Å². The third-order valence-corrected chi connectivity index (χ3v) is 5.69. The van der Waals surface area contributed by atoms with Gasteiger partial charge in [0.05, 0.1) is 30.2 Å². The van der Waals surface area contributed by atoms with Gasteiger partial charge in [0, 0.05) is 0 Å². The molecule has 11 nitrogen and oxygen atoms in total. The summed E-state index contributed by atoms with van der Waals surface area (Å²) in [5.41, 5.74) is 1.51. The number of carbonyl (C=O) groups is 3. The van der Waals surface area contributed by atoms with Gasteiger partial charge in [-0.05, 0) is 42.5 Å². The molecule has 2 N–H and O–H groups in total. The van der Waals surface area contributed by atoms with Crippen LogP contribution >= 0.6 is 0 Å². The van der Waals surface area contributed by atoms with Gasteiger partial charge in [-0.2, -0.15) is 0 Å². The molecule has 1 heterocycles. The fourth-order valence-corrected chi connectivity index (χ4v) is 3.81. The van der Waals surface area contributed by atoms with Gasteiger partial charge in [0.1, 0.15) is 18.1 Å². The molecule has 1 aromatic heterocycles. The zero-order valence-corrected chi connectivity index (χ0v) is 18.9. The first-order chi connectivity index (χ1) is 16.2. The van der Waals surface area contributed by atoms with Crippen molar-refractivity contribution in [3.05, 3.63) is 83.3 Å². The van der Waals surface area contributed by atoms with Crippen LogP contribution in [0, 0.1) is 0 Å². The Bertz CT molecular complexity index is 1300. The number of nitrogens with one attached hydrogen (secondary N) is 2. The van der Waals surface area contributed by atoms with Crippen LogP contribution in [0.5, 0.6) is 5.75 Å². The second kappa shape index (κ2) is 10.6. The second-order valence-electron chi connectivity index (χ2n) is 6.62. The smallest absolute Gasteiger partial charge is 0.339 e. The number of hydrogen-bond acceptors (Lipinski definition) is 9. The lowest BCUT2D eigenvalue weighted by Crippen LogP contribution is -2.42. The molecule has 0 atom stereocenters. The molecule has 0 aliphatic rings. The van der Waals surface area contributed by atoms with Crippen molar-refractivity contribution in [2.45, 2.75) is 11.5 Å². The van der Waals surface area contributed by atoms with E-state index >= 15 is 0 Å². The van der Waals surface area contributed by atoms with Crippen molar-refractivity contribution < 1.29 is 41.4 Å². The Morgan fingerprint density at radius 3 is 2.29 bits per heavy atom. The highest BCUT2D eigenvalue weighted by Crippen LogP contribution is 2.20. The van der Waals surface area contributed by atoms with Crippen molar-refractivity contribution in [3.63, 3.8) is 0 Å². The predicted molar refractivity (Wildman–Crippen MR) is 116 cm³/mol. The molecule has 0 unspecified atom stereocenters. The van der Waals surface area contributed by atoms with Gasteiger partial charge in [-0.1, -0.05) is 18.2 Å². The lowest BCUT2D eigenvalue weighted by molar-refractivity contribution is 0.0583. The summed E-state index contributed by atoms with van der Waals surface area (Å²) in [7, 11) is -2.33. The van der Waals surface area contributed by atoms with Gasteiger partial charge in [0.15, 0.2) is 5.76 Å². The quantitative estimate of drug-likeness (QED) is 0.341. The number of amides is 1. The minimum atomic E-state index is -4.51. The second-order valence-corrected chi connectivity index (χ2v) is 8.27. The highest BCUT2D eigenvalue weighted by Gasteiger charge is 2.26. The fraction of sp³-hybridized carbons (Fsp3) is 0.136. The third-order valence-electron chi connectivity index (χ3n) is 4.41. The number of rotatable bonds is 9. The summed E-state index contributed by atoms with van der Waals surface area (Å²) in [6.07, 6.45) is 0. The molecule has 0 radical (unpaired) electrons. The molecular weight excluding hydrogens is 468 g/mol. The van der Waals surface area contributed by atoms with Crippen molar-refractivity contribution in [1.82, 2.24) is 10.3 Å². The van der Waals surface area contributed by atoms with E-state index in [9.17, 15) is 22.8 Å². The van der Waals surface area contributed by atoms with E-state index in [0.29, 0.717) is 11.5 Å². The van der Waals surface area contributed by atoms with Gasteiger partial charge < -0.3 is 18.6 Å². The van der Waals surface area contributed by atoms with E-state index in [1.807, 2.05) is 16.3 Å². The van der Waals surface area contributed by atoms with Crippen LogP contribution in [-0.2, 0) is 26.1 Å². The van der Waals surface area contributed by atoms with Gasteiger partial charge in [-0.15, -0.1) is 4.83 Å². The first-order valence-corrected chi connectivity index (χ1v) is 11.1. The summed E-state index contributed by atoms with van der Waals surface area (Å²) >= 11 is 0. The van der Waals surface area contributed by atoms with E-state index in [-0.39, 0.29) is 23.5 Å². The first kappa shape index (κ1) is 24.5. The zero-order chi connectivity index (χ0) is 24.7. The average Bonchev–Trinajstić information content (AvgIpc) is 3.34. The van der Waals surface area contributed by atoms with E-state index in [1.54, 1.807) is 24.3 Å². The Morgan fingerprint density at radius 1 is 0.912 bits per heavy atom. The Morgan fingerprint density at radius 2 is 1.62 bits per heavy atom. The molecule has 1 amide bonds. The summed E-state index contributed by atoms with van der Waals surface area (Å²) in [4.78, 5) is 37.4. The maximum atomic E-state index is 12.8. The molecule has 0 saturated heterocycles. The molecule has 0 spiro atoms. The SMILES string of the molecule is COC(=O)c1ccc(C(=O)OC)c(S(=O)(=O)NNC(=O)c2ccc(COc3ccccc3)o2)c1. The molecule has 0 aliphatic carbocycles. The molecule has 3 rings (SSSR count). The van der Waals surface area contributed by atoms with E-state index < -0.39 is 32.8 Å². The monoisotopic (exact) mass is 488 g/mol. The Kier molecular flexibility index (Phi) is 7.66. The average molecular weight is 488 g/mol. The molecule has 178 valence electrons. The third kappa shape index (κ3) is 5.79. The molecular formula is C22H20N2O9S. The molecule has 2 aromatic carbocycles. The topological polar surface area (TPSA) is 150 Å². The van der Waals surface area contributed by atoms with Crippen LogP contribution in [-0.4, -0.2) is 40.5 Å². The number of carbonyl (C=O) groups excluding carboxylic acids is 3. The maximum Gasteiger partial charge on any atom is 0.339 e. The lowest BCUT2D eigenvalue weighted by atomic mass is 10.1. The van der Waals surface area contributed by atoms with Crippen LogP contribution < -0.4 is 15.0 Å². The number of hydrogen-bond donors (Lipinski definition) is 2. The predicted octanol–water partition coefficient (Wildman–Crippen LogP) is 2.06. The number of sulfonamides is 1. The molecule has 34 heavy (non-hydrogen) atoms. The summed E-state index contributed by atoms with van der Waals surface area (Å²) in [5.74, 6) is -1.94. The van der Waals surface area contributed by atoms with Crippen molar-refractivity contribution in [2.75, 3.05) is 14.2 Å². The normalized spacial score (nSPS) is 10.9. The summed E-state index contributed by atoms with van der Waals surface area (Å²) in [5, 5.41) is 0. The largest absolute Gasteiger partial charge is 0.486 e. The lowest BCUT2D eigenvalue weighted by Gasteiger charge is -2.12. The summed E-state index contributed by atoms with van der Waals surface area (Å²) in [6.45, 7) is 0.0475. The van der Waals surface area contributed by atoms with Crippen molar-refractivity contribution in [3.8, 4) is 5.75 Å². The summed E-state index contributed by atoms with van der Waals surface area (Å²) in [6, 6.07) is 15.0. The Balaban J connectivity index is 1.72. The molecule has 0 bridgehead atoms. The van der Waals surface area contributed by atoms with Gasteiger partial charge >= 0.3 is 17.8 Å². The number of esters is 2. The number of benzene rings is 2. The van der Waals surface area contributed by atoms with Crippen molar-refractivity contribution in [2.24, 2.45) is 0 Å². The van der Waals surface area contributed by atoms with E-state index in [0.717, 1.165) is 26.4 Å².